The minimum Gasteiger partial charge on any atom is -1.00 e. The van der Waals surface area contributed by atoms with Gasteiger partial charge in [-0.1, -0.05) is 117 Å². The molecule has 192 valence electrons. The van der Waals surface area contributed by atoms with Crippen LogP contribution in [0.4, 0.5) is 0 Å². The number of nitrogens with zero attached hydrogens (tertiary/aromatic N) is 1. The zero-order valence-corrected chi connectivity index (χ0v) is 24.0. The van der Waals surface area contributed by atoms with Crippen molar-refractivity contribution in [1.29, 1.82) is 0 Å². The van der Waals surface area contributed by atoms with Crippen molar-refractivity contribution >= 4 is 5.91 Å². The van der Waals surface area contributed by atoms with Crippen LogP contribution in [0.15, 0.2) is 12.7 Å². The van der Waals surface area contributed by atoms with Gasteiger partial charge in [0.15, 0.2) is 0 Å². The van der Waals surface area contributed by atoms with Crippen LogP contribution in [0.3, 0.4) is 0 Å². The number of halogens is 1. The van der Waals surface area contributed by atoms with E-state index < -0.39 is 0 Å². The molecular formula is C28H57BrN2O. The Morgan fingerprint density at radius 2 is 1.22 bits per heavy atom. The number of amides is 1. The van der Waals surface area contributed by atoms with Crippen LogP contribution in [0.25, 0.3) is 0 Å². The van der Waals surface area contributed by atoms with Gasteiger partial charge < -0.3 is 26.8 Å². The fraction of sp³-hybridized carbons (Fsp3) is 0.893. The minimum absolute atomic E-state index is 0. The summed E-state index contributed by atoms with van der Waals surface area (Å²) in [4.78, 5) is 12.2. The Morgan fingerprint density at radius 1 is 0.812 bits per heavy atom. The number of rotatable bonds is 22. The molecule has 0 saturated carbocycles. The number of nitrogens with one attached hydrogen (secondary N) is 1. The van der Waals surface area contributed by atoms with Gasteiger partial charge in [-0.15, -0.1) is 0 Å². The molecule has 1 N–H and O–H groups in total. The van der Waals surface area contributed by atoms with E-state index >= 15 is 0 Å². The zero-order chi connectivity index (χ0) is 23.4. The van der Waals surface area contributed by atoms with Gasteiger partial charge in [-0.3, -0.25) is 4.79 Å². The first-order valence-corrected chi connectivity index (χ1v) is 13.4. The summed E-state index contributed by atoms with van der Waals surface area (Å²) in [6, 6.07) is 0. The van der Waals surface area contributed by atoms with E-state index in [0.717, 1.165) is 30.5 Å². The molecule has 0 heterocycles. The van der Waals surface area contributed by atoms with Crippen molar-refractivity contribution in [3.8, 4) is 0 Å². The van der Waals surface area contributed by atoms with E-state index in [-0.39, 0.29) is 28.3 Å². The average molecular weight is 518 g/mol. The minimum atomic E-state index is 0. The molecule has 0 aromatic carbocycles. The molecule has 0 spiro atoms. The van der Waals surface area contributed by atoms with E-state index in [4.69, 9.17) is 0 Å². The lowest BCUT2D eigenvalue weighted by molar-refractivity contribution is -0.890. The molecule has 32 heavy (non-hydrogen) atoms. The fourth-order valence-corrected chi connectivity index (χ4v) is 4.71. The van der Waals surface area contributed by atoms with Crippen molar-refractivity contribution in [2.75, 3.05) is 33.7 Å². The highest BCUT2D eigenvalue weighted by molar-refractivity contribution is 5.75. The molecule has 0 aliphatic carbocycles. The number of unbranched alkanes of at least 4 members (excludes halogenated alkanes) is 14. The summed E-state index contributed by atoms with van der Waals surface area (Å²) >= 11 is 0. The van der Waals surface area contributed by atoms with Crippen molar-refractivity contribution in [1.82, 2.24) is 5.32 Å². The molecule has 0 aromatic rings. The van der Waals surface area contributed by atoms with Crippen LogP contribution >= 0.6 is 0 Å². The van der Waals surface area contributed by atoms with Gasteiger partial charge in [0.05, 0.1) is 27.2 Å². The smallest absolute Gasteiger partial charge is 0.220 e. The van der Waals surface area contributed by atoms with E-state index in [1.54, 1.807) is 0 Å². The lowest BCUT2D eigenvalue weighted by Crippen LogP contribution is -3.00. The molecule has 0 radical (unpaired) electrons. The number of hydrogen-bond acceptors (Lipinski definition) is 1. The predicted octanol–water partition coefficient (Wildman–Crippen LogP) is 4.66. The molecule has 0 saturated heterocycles. The molecule has 0 aromatic heterocycles. The molecule has 0 unspecified atom stereocenters. The fourth-order valence-electron chi connectivity index (χ4n) is 4.71. The second-order valence-corrected chi connectivity index (χ2v) is 11.2. The average Bonchev–Trinajstić information content (AvgIpc) is 2.68. The quantitative estimate of drug-likeness (QED) is 0.126. The van der Waals surface area contributed by atoms with Crippen molar-refractivity contribution in [3.05, 3.63) is 12.7 Å². The largest absolute Gasteiger partial charge is 1.00 e. The van der Waals surface area contributed by atoms with Crippen LogP contribution in [0, 0.1) is 5.41 Å². The van der Waals surface area contributed by atoms with Crippen LogP contribution in [0.2, 0.25) is 0 Å². The first-order chi connectivity index (χ1) is 14.7. The summed E-state index contributed by atoms with van der Waals surface area (Å²) in [6.45, 7) is 13.4. The maximum absolute atomic E-state index is 12.2. The maximum Gasteiger partial charge on any atom is 0.220 e. The molecule has 0 atom stereocenters. The number of quaternary nitrogens is 1. The normalized spacial score (nSPS) is 11.8. The van der Waals surface area contributed by atoms with E-state index in [1.165, 1.54) is 89.9 Å². The Bertz CT molecular complexity index is 449. The van der Waals surface area contributed by atoms with Crippen LogP contribution < -0.4 is 22.3 Å². The molecule has 1 amide bonds. The zero-order valence-electron chi connectivity index (χ0n) is 22.5. The van der Waals surface area contributed by atoms with E-state index in [2.05, 4.69) is 46.8 Å². The second-order valence-electron chi connectivity index (χ2n) is 11.2. The third-order valence-corrected chi connectivity index (χ3v) is 6.25. The third kappa shape index (κ3) is 22.8. The standard InChI is InChI=1S/C28H56N2O.BrH/c1-7-9-10-11-12-13-14-15-16-17-18-19-20-21-22-23-27(31)29-25-28(3,4)26-30(5,6)24-8-2;/h8H,2,7,9-26H2,1,3-6H3;1H. The lowest BCUT2D eigenvalue weighted by atomic mass is 9.91. The number of carbonyl (C=O) groups is 1. The van der Waals surface area contributed by atoms with Crippen molar-refractivity contribution in [3.63, 3.8) is 0 Å². The summed E-state index contributed by atoms with van der Waals surface area (Å²) in [6.07, 6.45) is 23.1. The first kappa shape index (κ1) is 33.8. The lowest BCUT2D eigenvalue weighted by Gasteiger charge is -2.36. The summed E-state index contributed by atoms with van der Waals surface area (Å²) in [5, 5.41) is 3.16. The molecule has 3 nitrogen and oxygen atoms in total. The number of likely N-dealkylation sites (N-methyl/N-ethyl adjacent to an activating group) is 1. The monoisotopic (exact) mass is 516 g/mol. The van der Waals surface area contributed by atoms with E-state index in [0.29, 0.717) is 6.42 Å². The molecule has 0 rings (SSSR count). The Hall–Kier alpha value is -0.350. The Balaban J connectivity index is 0. The summed E-state index contributed by atoms with van der Waals surface area (Å²) in [7, 11) is 4.45. The van der Waals surface area contributed by atoms with Crippen molar-refractivity contribution < 1.29 is 26.3 Å². The number of hydrogen-bond donors (Lipinski definition) is 1. The van der Waals surface area contributed by atoms with Gasteiger partial charge in [-0.2, -0.15) is 0 Å². The Labute approximate surface area is 212 Å². The highest BCUT2D eigenvalue weighted by Crippen LogP contribution is 2.19. The summed E-state index contributed by atoms with van der Waals surface area (Å²) in [5.74, 6) is 0.219. The summed E-state index contributed by atoms with van der Waals surface area (Å²) in [5.41, 5.74) is 0.0945. The van der Waals surface area contributed by atoms with E-state index in [1.807, 2.05) is 6.08 Å². The topological polar surface area (TPSA) is 29.1 Å². The van der Waals surface area contributed by atoms with Gasteiger partial charge in [0.25, 0.3) is 0 Å². The van der Waals surface area contributed by atoms with Crippen LogP contribution in [-0.4, -0.2) is 44.1 Å². The third-order valence-electron chi connectivity index (χ3n) is 6.25. The SMILES string of the molecule is C=CC[N+](C)(C)CC(C)(C)CNC(=O)CCCCCCCCCCCCCCCCC.[Br-]. The van der Waals surface area contributed by atoms with Gasteiger partial charge >= 0.3 is 0 Å². The molecule has 0 aliphatic rings. The summed E-state index contributed by atoms with van der Waals surface area (Å²) < 4.78 is 0.908. The first-order valence-electron chi connectivity index (χ1n) is 13.4. The predicted molar refractivity (Wildman–Crippen MR) is 138 cm³/mol. The molecule has 4 heteroatoms. The number of carbonyl (C=O) groups excluding carboxylic acids is 1. The van der Waals surface area contributed by atoms with Crippen LogP contribution in [0.5, 0.6) is 0 Å². The Morgan fingerprint density at radius 3 is 1.62 bits per heavy atom. The van der Waals surface area contributed by atoms with Gasteiger partial charge in [-0.05, 0) is 12.5 Å². The highest BCUT2D eigenvalue weighted by atomic mass is 79.9. The molecule has 0 fully saturated rings. The molecule has 0 aliphatic heterocycles. The van der Waals surface area contributed by atoms with E-state index in [9.17, 15) is 4.79 Å². The van der Waals surface area contributed by atoms with Gasteiger partial charge in [0.2, 0.25) is 5.91 Å². The molecule has 0 bridgehead atoms. The molecular weight excluding hydrogens is 460 g/mol. The van der Waals surface area contributed by atoms with Crippen molar-refractivity contribution in [2.45, 2.75) is 124 Å². The van der Waals surface area contributed by atoms with Gasteiger partial charge in [-0.25, -0.2) is 0 Å². The van der Waals surface area contributed by atoms with Gasteiger partial charge in [0, 0.05) is 18.4 Å². The van der Waals surface area contributed by atoms with Gasteiger partial charge in [0.1, 0.15) is 0 Å². The Kier molecular flexibility index (Phi) is 22.4. The van der Waals surface area contributed by atoms with Crippen LogP contribution in [-0.2, 0) is 4.79 Å². The maximum atomic E-state index is 12.2. The van der Waals surface area contributed by atoms with Crippen molar-refractivity contribution in [2.24, 2.45) is 5.41 Å². The van der Waals surface area contributed by atoms with Crippen LogP contribution in [0.1, 0.15) is 124 Å². The highest BCUT2D eigenvalue weighted by Gasteiger charge is 2.28. The second kappa shape index (κ2) is 21.2.